The van der Waals surface area contributed by atoms with Gasteiger partial charge in [-0.05, 0) is 26.2 Å². The Hall–Kier alpha value is -1.63. The molecule has 0 aliphatic carbocycles. The van der Waals surface area contributed by atoms with Gasteiger partial charge in [0.05, 0.1) is 12.5 Å². The second-order valence-electron chi connectivity index (χ2n) is 7.93. The molecule has 0 bridgehead atoms. The monoisotopic (exact) mass is 364 g/mol. The van der Waals surface area contributed by atoms with E-state index in [-0.39, 0.29) is 35.7 Å². The molecule has 3 rings (SSSR count). The van der Waals surface area contributed by atoms with Gasteiger partial charge in [-0.3, -0.25) is 14.4 Å². The molecule has 7 heteroatoms. The van der Waals surface area contributed by atoms with Crippen molar-refractivity contribution in [3.8, 4) is 0 Å². The predicted octanol–water partition coefficient (Wildman–Crippen LogP) is 0.446. The zero-order chi connectivity index (χ0) is 18.7. The summed E-state index contributed by atoms with van der Waals surface area (Å²) in [5.41, 5.74) is 0. The van der Waals surface area contributed by atoms with E-state index in [0.29, 0.717) is 26.1 Å². The Kier molecular flexibility index (Phi) is 6.16. The molecule has 0 saturated carbocycles. The molecule has 0 spiro atoms. The Bertz CT molecular complexity index is 553. The summed E-state index contributed by atoms with van der Waals surface area (Å²) in [6, 6.07) is 0.326. The molecule has 3 aliphatic rings. The molecule has 0 aromatic heterocycles. The van der Waals surface area contributed by atoms with Gasteiger partial charge in [-0.2, -0.15) is 0 Å². The van der Waals surface area contributed by atoms with Gasteiger partial charge in [0, 0.05) is 51.2 Å². The second kappa shape index (κ2) is 8.37. The number of nitrogens with one attached hydrogen (secondary N) is 1. The summed E-state index contributed by atoms with van der Waals surface area (Å²) in [6.45, 7) is 8.02. The van der Waals surface area contributed by atoms with Crippen LogP contribution in [0.5, 0.6) is 0 Å². The standard InChI is InChI=1S/C19H32N4O3/c1-3-5-14(2)23-12-15(10-17(23)24)19(26)21-8-4-6-16(13-21)22-9-7-20-11-18(22)25/h14-16,20H,3-13H2,1-2H3. The smallest absolute Gasteiger partial charge is 0.236 e. The fraction of sp³-hybridized carbons (Fsp3) is 0.842. The first-order valence-corrected chi connectivity index (χ1v) is 10.1. The van der Waals surface area contributed by atoms with E-state index >= 15 is 0 Å². The van der Waals surface area contributed by atoms with Crippen molar-refractivity contribution in [1.29, 1.82) is 0 Å². The van der Waals surface area contributed by atoms with Crippen LogP contribution in [0.1, 0.15) is 46.0 Å². The lowest BCUT2D eigenvalue weighted by Crippen LogP contribution is -2.58. The Morgan fingerprint density at radius 1 is 1.23 bits per heavy atom. The van der Waals surface area contributed by atoms with Gasteiger partial charge in [-0.1, -0.05) is 13.3 Å². The fourth-order valence-electron chi connectivity index (χ4n) is 4.57. The van der Waals surface area contributed by atoms with Crippen molar-refractivity contribution in [1.82, 2.24) is 20.0 Å². The van der Waals surface area contributed by atoms with E-state index in [0.717, 1.165) is 45.3 Å². The van der Waals surface area contributed by atoms with Crippen LogP contribution in [-0.2, 0) is 14.4 Å². The summed E-state index contributed by atoms with van der Waals surface area (Å²) in [4.78, 5) is 43.2. The van der Waals surface area contributed by atoms with Crippen molar-refractivity contribution in [3.63, 3.8) is 0 Å². The molecule has 3 aliphatic heterocycles. The van der Waals surface area contributed by atoms with Crippen LogP contribution in [-0.4, -0.2) is 83.8 Å². The maximum Gasteiger partial charge on any atom is 0.236 e. The topological polar surface area (TPSA) is 73.0 Å². The number of amides is 3. The molecule has 3 heterocycles. The van der Waals surface area contributed by atoms with Crippen LogP contribution in [0, 0.1) is 5.92 Å². The zero-order valence-electron chi connectivity index (χ0n) is 16.1. The molecule has 0 aromatic carbocycles. The third-order valence-electron chi connectivity index (χ3n) is 6.02. The summed E-state index contributed by atoms with van der Waals surface area (Å²) < 4.78 is 0. The molecular weight excluding hydrogens is 332 g/mol. The number of carbonyl (C=O) groups is 3. The summed E-state index contributed by atoms with van der Waals surface area (Å²) in [6.07, 6.45) is 4.23. The number of piperidine rings is 1. The van der Waals surface area contributed by atoms with Crippen molar-refractivity contribution >= 4 is 17.7 Å². The highest BCUT2D eigenvalue weighted by atomic mass is 16.2. The number of likely N-dealkylation sites (tertiary alicyclic amines) is 2. The van der Waals surface area contributed by atoms with Crippen molar-refractivity contribution in [3.05, 3.63) is 0 Å². The molecule has 3 unspecified atom stereocenters. The van der Waals surface area contributed by atoms with Crippen molar-refractivity contribution in [2.75, 3.05) is 39.3 Å². The lowest BCUT2D eigenvalue weighted by atomic mass is 10.00. The van der Waals surface area contributed by atoms with Gasteiger partial charge in [0.25, 0.3) is 0 Å². The molecule has 26 heavy (non-hydrogen) atoms. The lowest BCUT2D eigenvalue weighted by Gasteiger charge is -2.41. The van der Waals surface area contributed by atoms with Crippen molar-refractivity contribution in [2.24, 2.45) is 5.92 Å². The van der Waals surface area contributed by atoms with Gasteiger partial charge >= 0.3 is 0 Å². The van der Waals surface area contributed by atoms with Crippen LogP contribution in [0.15, 0.2) is 0 Å². The number of hydrogen-bond donors (Lipinski definition) is 1. The third-order valence-corrected chi connectivity index (χ3v) is 6.02. The molecule has 146 valence electrons. The summed E-state index contributed by atoms with van der Waals surface area (Å²) in [5, 5.41) is 3.10. The summed E-state index contributed by atoms with van der Waals surface area (Å²) >= 11 is 0. The Balaban J connectivity index is 1.59. The third kappa shape index (κ3) is 4.03. The minimum absolute atomic E-state index is 0.0943. The largest absolute Gasteiger partial charge is 0.340 e. The number of hydrogen-bond acceptors (Lipinski definition) is 4. The predicted molar refractivity (Wildman–Crippen MR) is 98.4 cm³/mol. The normalized spacial score (nSPS) is 28.6. The van der Waals surface area contributed by atoms with E-state index < -0.39 is 0 Å². The van der Waals surface area contributed by atoms with Crippen LogP contribution in [0.2, 0.25) is 0 Å². The van der Waals surface area contributed by atoms with Gasteiger partial charge in [-0.15, -0.1) is 0 Å². The molecule has 3 amide bonds. The molecule has 3 atom stereocenters. The molecule has 3 fully saturated rings. The Morgan fingerprint density at radius 2 is 2.04 bits per heavy atom. The lowest BCUT2D eigenvalue weighted by molar-refractivity contribution is -0.142. The van der Waals surface area contributed by atoms with Crippen LogP contribution in [0.4, 0.5) is 0 Å². The molecule has 0 radical (unpaired) electrons. The van der Waals surface area contributed by atoms with E-state index in [1.165, 1.54) is 0 Å². The van der Waals surface area contributed by atoms with E-state index in [2.05, 4.69) is 19.2 Å². The molecular formula is C19H32N4O3. The second-order valence-corrected chi connectivity index (χ2v) is 7.93. The first-order valence-electron chi connectivity index (χ1n) is 10.1. The SMILES string of the molecule is CCCC(C)N1CC(C(=O)N2CCCC(N3CCNCC3=O)C2)CC1=O. The summed E-state index contributed by atoms with van der Waals surface area (Å²) in [7, 11) is 0. The number of piperazine rings is 1. The van der Waals surface area contributed by atoms with Gasteiger partial charge in [-0.25, -0.2) is 0 Å². The Morgan fingerprint density at radius 3 is 2.77 bits per heavy atom. The van der Waals surface area contributed by atoms with Gasteiger partial charge < -0.3 is 20.0 Å². The van der Waals surface area contributed by atoms with E-state index in [1.54, 1.807) is 0 Å². The van der Waals surface area contributed by atoms with Crippen LogP contribution in [0.25, 0.3) is 0 Å². The van der Waals surface area contributed by atoms with Gasteiger partial charge in [0.2, 0.25) is 17.7 Å². The minimum Gasteiger partial charge on any atom is -0.340 e. The number of nitrogens with zero attached hydrogens (tertiary/aromatic N) is 3. The highest BCUT2D eigenvalue weighted by Crippen LogP contribution is 2.26. The van der Waals surface area contributed by atoms with E-state index in [9.17, 15) is 14.4 Å². The van der Waals surface area contributed by atoms with Gasteiger partial charge in [0.15, 0.2) is 0 Å². The van der Waals surface area contributed by atoms with Crippen LogP contribution < -0.4 is 5.32 Å². The average molecular weight is 364 g/mol. The van der Waals surface area contributed by atoms with E-state index in [4.69, 9.17) is 0 Å². The average Bonchev–Trinajstić information content (AvgIpc) is 3.03. The zero-order valence-corrected chi connectivity index (χ0v) is 16.1. The van der Waals surface area contributed by atoms with Crippen molar-refractivity contribution in [2.45, 2.75) is 58.0 Å². The highest BCUT2D eigenvalue weighted by molar-refractivity contribution is 5.89. The molecule has 1 N–H and O–H groups in total. The molecule has 7 nitrogen and oxygen atoms in total. The van der Waals surface area contributed by atoms with Gasteiger partial charge in [0.1, 0.15) is 0 Å². The first kappa shape index (κ1) is 19.1. The molecule has 3 saturated heterocycles. The molecule has 0 aromatic rings. The number of carbonyl (C=O) groups excluding carboxylic acids is 3. The van der Waals surface area contributed by atoms with Crippen LogP contribution in [0.3, 0.4) is 0 Å². The first-order chi connectivity index (χ1) is 12.5. The van der Waals surface area contributed by atoms with E-state index in [1.807, 2.05) is 14.7 Å². The fourth-order valence-corrected chi connectivity index (χ4v) is 4.57. The number of rotatable bonds is 5. The summed E-state index contributed by atoms with van der Waals surface area (Å²) in [5.74, 6) is 0.109. The maximum absolute atomic E-state index is 13.0. The quantitative estimate of drug-likeness (QED) is 0.769. The minimum atomic E-state index is -0.223. The van der Waals surface area contributed by atoms with Crippen molar-refractivity contribution < 1.29 is 14.4 Å². The highest BCUT2D eigenvalue weighted by Gasteiger charge is 2.40. The van der Waals surface area contributed by atoms with Crippen LogP contribution >= 0.6 is 0 Å². The Labute approximate surface area is 156 Å². The maximum atomic E-state index is 13.0.